The second kappa shape index (κ2) is 7.01. The molecule has 7 nitrogen and oxygen atoms in total. The van der Waals surface area contributed by atoms with Crippen LogP contribution in [0.2, 0.25) is 10.0 Å². The summed E-state index contributed by atoms with van der Waals surface area (Å²) in [6.07, 6.45) is 4.14. The summed E-state index contributed by atoms with van der Waals surface area (Å²) in [7, 11) is 0. The van der Waals surface area contributed by atoms with Crippen LogP contribution in [-0.4, -0.2) is 38.8 Å². The second-order valence-corrected chi connectivity index (χ2v) is 6.72. The number of hydrogen-bond acceptors (Lipinski definition) is 7. The van der Waals surface area contributed by atoms with E-state index in [4.69, 9.17) is 23.2 Å². The van der Waals surface area contributed by atoms with E-state index in [-0.39, 0.29) is 5.78 Å². The maximum absolute atomic E-state index is 11.4. The number of piperidine rings is 1. The van der Waals surface area contributed by atoms with E-state index in [2.05, 4.69) is 25.3 Å². The molecule has 132 valence electrons. The number of benzene rings is 1. The SMILES string of the molecule is O=C1CCN(c2ncc3ncnc(Nc4ccc(Cl)c(Cl)c4)c3n2)CC1. The number of hydrogen-bond donors (Lipinski definition) is 1. The molecule has 1 aromatic carbocycles. The van der Waals surface area contributed by atoms with E-state index in [0.29, 0.717) is 58.8 Å². The second-order valence-electron chi connectivity index (χ2n) is 5.91. The van der Waals surface area contributed by atoms with E-state index in [1.165, 1.54) is 6.33 Å². The van der Waals surface area contributed by atoms with Gasteiger partial charge in [0.2, 0.25) is 5.95 Å². The minimum absolute atomic E-state index is 0.271. The fourth-order valence-electron chi connectivity index (χ4n) is 2.76. The van der Waals surface area contributed by atoms with E-state index in [1.54, 1.807) is 24.4 Å². The van der Waals surface area contributed by atoms with Gasteiger partial charge in [0.1, 0.15) is 23.1 Å². The van der Waals surface area contributed by atoms with Crippen molar-refractivity contribution in [3.05, 3.63) is 40.8 Å². The van der Waals surface area contributed by atoms with Gasteiger partial charge in [0.15, 0.2) is 5.82 Å². The van der Waals surface area contributed by atoms with Crippen LogP contribution in [0.4, 0.5) is 17.5 Å². The molecule has 3 aromatic rings. The zero-order valence-electron chi connectivity index (χ0n) is 13.6. The molecular formula is C17H14Cl2N6O. The Morgan fingerprint density at radius 2 is 1.85 bits per heavy atom. The van der Waals surface area contributed by atoms with Crippen LogP contribution in [0.3, 0.4) is 0 Å². The highest BCUT2D eigenvalue weighted by Crippen LogP contribution is 2.28. The Morgan fingerprint density at radius 3 is 2.62 bits per heavy atom. The molecule has 1 saturated heterocycles. The smallest absolute Gasteiger partial charge is 0.226 e. The standard InChI is InChI=1S/C17H14Cl2N6O/c18-12-2-1-10(7-13(12)19)23-16-15-14(21-9-22-16)8-20-17(24-15)25-5-3-11(26)4-6-25/h1-2,7-9H,3-6H2,(H,21,22,23). The predicted molar refractivity (Wildman–Crippen MR) is 101 cm³/mol. The molecule has 3 heterocycles. The van der Waals surface area contributed by atoms with Crippen LogP contribution >= 0.6 is 23.2 Å². The van der Waals surface area contributed by atoms with Crippen molar-refractivity contribution in [2.75, 3.05) is 23.3 Å². The first-order valence-corrected chi connectivity index (χ1v) is 8.82. The number of carbonyl (C=O) groups is 1. The fraction of sp³-hybridized carbons (Fsp3) is 0.235. The molecule has 1 N–H and O–H groups in total. The first kappa shape index (κ1) is 16.9. The van der Waals surface area contributed by atoms with Crippen molar-refractivity contribution in [3.8, 4) is 0 Å². The van der Waals surface area contributed by atoms with Gasteiger partial charge in [-0.25, -0.2) is 19.9 Å². The number of aromatic nitrogens is 4. The highest BCUT2D eigenvalue weighted by atomic mass is 35.5. The Kier molecular flexibility index (Phi) is 4.57. The maximum Gasteiger partial charge on any atom is 0.226 e. The average Bonchev–Trinajstić information content (AvgIpc) is 2.65. The summed E-state index contributed by atoms with van der Waals surface area (Å²) in [5.74, 6) is 1.38. The molecule has 0 spiro atoms. The molecule has 0 unspecified atom stereocenters. The Labute approximate surface area is 159 Å². The summed E-state index contributed by atoms with van der Waals surface area (Å²) < 4.78 is 0. The third-order valence-corrected chi connectivity index (χ3v) is 4.89. The molecule has 26 heavy (non-hydrogen) atoms. The third-order valence-electron chi connectivity index (χ3n) is 4.15. The molecule has 0 atom stereocenters. The number of anilines is 3. The van der Waals surface area contributed by atoms with Crippen molar-refractivity contribution in [1.29, 1.82) is 0 Å². The quantitative estimate of drug-likeness (QED) is 0.732. The van der Waals surface area contributed by atoms with Crippen molar-refractivity contribution < 1.29 is 4.79 Å². The lowest BCUT2D eigenvalue weighted by Crippen LogP contribution is -2.34. The Bertz CT molecular complexity index is 986. The minimum atomic E-state index is 0.271. The summed E-state index contributed by atoms with van der Waals surface area (Å²) in [6, 6.07) is 5.23. The van der Waals surface area contributed by atoms with Gasteiger partial charge in [-0.1, -0.05) is 23.2 Å². The molecule has 2 aromatic heterocycles. The van der Waals surface area contributed by atoms with Gasteiger partial charge in [0, 0.05) is 31.6 Å². The van der Waals surface area contributed by atoms with Gasteiger partial charge in [-0.05, 0) is 18.2 Å². The predicted octanol–water partition coefficient (Wildman–Crippen LogP) is 3.64. The lowest BCUT2D eigenvalue weighted by atomic mass is 10.1. The lowest BCUT2D eigenvalue weighted by molar-refractivity contribution is -0.119. The van der Waals surface area contributed by atoms with Crippen molar-refractivity contribution in [3.63, 3.8) is 0 Å². The van der Waals surface area contributed by atoms with Gasteiger partial charge >= 0.3 is 0 Å². The Morgan fingerprint density at radius 1 is 1.04 bits per heavy atom. The molecule has 4 rings (SSSR count). The van der Waals surface area contributed by atoms with Crippen LogP contribution in [0, 0.1) is 0 Å². The lowest BCUT2D eigenvalue weighted by Gasteiger charge is -2.26. The van der Waals surface area contributed by atoms with Gasteiger partial charge in [0.25, 0.3) is 0 Å². The van der Waals surface area contributed by atoms with Gasteiger partial charge < -0.3 is 10.2 Å². The van der Waals surface area contributed by atoms with Crippen LogP contribution in [-0.2, 0) is 4.79 Å². The summed E-state index contributed by atoms with van der Waals surface area (Å²) in [5.41, 5.74) is 1.96. The maximum atomic E-state index is 11.4. The van der Waals surface area contributed by atoms with Gasteiger partial charge in [-0.3, -0.25) is 4.79 Å². The van der Waals surface area contributed by atoms with Crippen LogP contribution < -0.4 is 10.2 Å². The monoisotopic (exact) mass is 388 g/mol. The highest BCUT2D eigenvalue weighted by Gasteiger charge is 2.19. The normalized spacial score (nSPS) is 14.7. The summed E-state index contributed by atoms with van der Waals surface area (Å²) in [6.45, 7) is 1.24. The van der Waals surface area contributed by atoms with E-state index in [9.17, 15) is 4.79 Å². The number of carbonyl (C=O) groups excluding carboxylic acids is 1. The van der Waals surface area contributed by atoms with Crippen molar-refractivity contribution in [1.82, 2.24) is 19.9 Å². The molecule has 1 fully saturated rings. The molecule has 0 aliphatic carbocycles. The van der Waals surface area contributed by atoms with E-state index < -0.39 is 0 Å². The van der Waals surface area contributed by atoms with Crippen LogP contribution in [0.1, 0.15) is 12.8 Å². The molecule has 0 saturated carbocycles. The zero-order chi connectivity index (χ0) is 18.1. The topological polar surface area (TPSA) is 83.9 Å². The number of halogens is 2. The first-order chi connectivity index (χ1) is 12.6. The van der Waals surface area contributed by atoms with Gasteiger partial charge in [-0.2, -0.15) is 0 Å². The fourth-order valence-corrected chi connectivity index (χ4v) is 3.05. The van der Waals surface area contributed by atoms with E-state index in [0.717, 1.165) is 5.69 Å². The molecule has 0 amide bonds. The highest BCUT2D eigenvalue weighted by molar-refractivity contribution is 6.42. The molecule has 1 aliphatic heterocycles. The number of nitrogens with one attached hydrogen (secondary N) is 1. The first-order valence-electron chi connectivity index (χ1n) is 8.06. The number of fused-ring (bicyclic) bond motifs is 1. The third kappa shape index (κ3) is 3.40. The summed E-state index contributed by atoms with van der Waals surface area (Å²) >= 11 is 12.0. The van der Waals surface area contributed by atoms with Crippen molar-refractivity contribution >= 4 is 57.5 Å². The van der Waals surface area contributed by atoms with Crippen LogP contribution in [0.25, 0.3) is 11.0 Å². The molecular weight excluding hydrogens is 375 g/mol. The zero-order valence-corrected chi connectivity index (χ0v) is 15.1. The van der Waals surface area contributed by atoms with Gasteiger partial charge in [-0.15, -0.1) is 0 Å². The van der Waals surface area contributed by atoms with Crippen molar-refractivity contribution in [2.24, 2.45) is 0 Å². The van der Waals surface area contributed by atoms with Gasteiger partial charge in [0.05, 0.1) is 16.2 Å². The van der Waals surface area contributed by atoms with Crippen LogP contribution in [0.5, 0.6) is 0 Å². The number of ketones is 1. The largest absolute Gasteiger partial charge is 0.340 e. The minimum Gasteiger partial charge on any atom is -0.340 e. The molecule has 9 heteroatoms. The summed E-state index contributed by atoms with van der Waals surface area (Å²) in [4.78, 5) is 30.9. The Balaban J connectivity index is 1.69. The van der Waals surface area contributed by atoms with Crippen molar-refractivity contribution in [2.45, 2.75) is 12.8 Å². The molecule has 0 bridgehead atoms. The van der Waals surface area contributed by atoms with E-state index in [1.807, 2.05) is 4.90 Å². The number of nitrogens with zero attached hydrogens (tertiary/aromatic N) is 5. The van der Waals surface area contributed by atoms with E-state index >= 15 is 0 Å². The number of rotatable bonds is 3. The Hall–Kier alpha value is -2.51. The average molecular weight is 389 g/mol. The number of Topliss-reactive ketones (excluding diaryl/α,β-unsaturated/α-hetero) is 1. The molecule has 0 radical (unpaired) electrons. The summed E-state index contributed by atoms with van der Waals surface area (Å²) in [5, 5.41) is 4.12. The van der Waals surface area contributed by atoms with Crippen LogP contribution in [0.15, 0.2) is 30.7 Å². The molecule has 1 aliphatic rings.